The van der Waals surface area contributed by atoms with E-state index in [1.54, 1.807) is 11.9 Å². The topological polar surface area (TPSA) is 46.6 Å². The third kappa shape index (κ3) is 3.58. The molecule has 0 radical (unpaired) electrons. The molecule has 0 N–H and O–H groups in total. The third-order valence-corrected chi connectivity index (χ3v) is 3.02. The summed E-state index contributed by atoms with van der Waals surface area (Å²) in [5, 5.41) is 0. The van der Waals surface area contributed by atoms with Crippen LogP contribution in [0.2, 0.25) is 0 Å². The van der Waals surface area contributed by atoms with E-state index in [4.69, 9.17) is 0 Å². The fraction of sp³-hybridized carbons (Fsp3) is 0.429. The van der Waals surface area contributed by atoms with Crippen molar-refractivity contribution in [2.24, 2.45) is 0 Å². The average molecular weight is 249 g/mol. The number of carbonyl (C=O) groups excluding carboxylic acids is 2. The van der Waals surface area contributed by atoms with Gasteiger partial charge in [-0.1, -0.05) is 6.07 Å². The molecule has 18 heavy (non-hydrogen) atoms. The second-order valence-electron chi connectivity index (χ2n) is 4.30. The number of carbonyl (C=O) groups is 2. The van der Waals surface area contributed by atoms with Crippen molar-refractivity contribution in [2.45, 2.75) is 26.7 Å². The molecule has 98 valence electrons. The Morgan fingerprint density at radius 3 is 2.39 bits per heavy atom. The molecular formula is C14H19NO3. The van der Waals surface area contributed by atoms with Crippen molar-refractivity contribution in [1.82, 2.24) is 0 Å². The van der Waals surface area contributed by atoms with Gasteiger partial charge in [0.05, 0.1) is 13.5 Å². The van der Waals surface area contributed by atoms with Crippen LogP contribution in [0.25, 0.3) is 0 Å². The summed E-state index contributed by atoms with van der Waals surface area (Å²) in [6, 6.07) is 5.85. The molecule has 4 nitrogen and oxygen atoms in total. The largest absolute Gasteiger partial charge is 0.469 e. The van der Waals surface area contributed by atoms with Gasteiger partial charge in [0, 0.05) is 19.2 Å². The number of aryl methyl sites for hydroxylation is 2. The summed E-state index contributed by atoms with van der Waals surface area (Å²) in [6.45, 7) is 4.03. The van der Waals surface area contributed by atoms with Crippen LogP contribution in [0.1, 0.15) is 24.0 Å². The van der Waals surface area contributed by atoms with Crippen LogP contribution >= 0.6 is 0 Å². The minimum absolute atomic E-state index is 0.0938. The molecule has 4 heteroatoms. The Balaban J connectivity index is 2.68. The smallest absolute Gasteiger partial charge is 0.306 e. The predicted molar refractivity (Wildman–Crippen MR) is 70.6 cm³/mol. The van der Waals surface area contributed by atoms with E-state index in [1.807, 2.05) is 32.0 Å². The van der Waals surface area contributed by atoms with Gasteiger partial charge in [0.25, 0.3) is 0 Å². The summed E-state index contributed by atoms with van der Waals surface area (Å²) in [6.07, 6.45) is 0.278. The van der Waals surface area contributed by atoms with Gasteiger partial charge in [-0.2, -0.15) is 0 Å². The summed E-state index contributed by atoms with van der Waals surface area (Å²) in [5.41, 5.74) is 3.17. The van der Waals surface area contributed by atoms with Crippen LogP contribution < -0.4 is 4.90 Å². The summed E-state index contributed by atoms with van der Waals surface area (Å²) in [5.74, 6) is -0.458. The number of hydrogen-bond donors (Lipinski definition) is 0. The van der Waals surface area contributed by atoms with Gasteiger partial charge in [0.15, 0.2) is 0 Å². The first-order valence-electron chi connectivity index (χ1n) is 5.86. The van der Waals surface area contributed by atoms with Crippen LogP contribution in [0.3, 0.4) is 0 Å². The lowest BCUT2D eigenvalue weighted by atomic mass is 10.1. The first kappa shape index (κ1) is 14.2. The first-order chi connectivity index (χ1) is 8.45. The fourth-order valence-corrected chi connectivity index (χ4v) is 1.56. The zero-order valence-corrected chi connectivity index (χ0v) is 11.3. The van der Waals surface area contributed by atoms with Gasteiger partial charge in [0.2, 0.25) is 5.91 Å². The van der Waals surface area contributed by atoms with E-state index in [2.05, 4.69) is 4.74 Å². The van der Waals surface area contributed by atoms with Gasteiger partial charge < -0.3 is 9.64 Å². The van der Waals surface area contributed by atoms with E-state index in [1.165, 1.54) is 12.7 Å². The Morgan fingerprint density at radius 2 is 1.83 bits per heavy atom. The second-order valence-corrected chi connectivity index (χ2v) is 4.30. The molecule has 1 amide bonds. The first-order valence-corrected chi connectivity index (χ1v) is 5.86. The Hall–Kier alpha value is -1.84. The Labute approximate surface area is 108 Å². The van der Waals surface area contributed by atoms with Gasteiger partial charge in [-0.15, -0.1) is 0 Å². The average Bonchev–Trinajstić information content (AvgIpc) is 2.37. The number of amides is 1. The van der Waals surface area contributed by atoms with Crippen molar-refractivity contribution in [3.63, 3.8) is 0 Å². The van der Waals surface area contributed by atoms with Crippen LogP contribution in [0.4, 0.5) is 5.69 Å². The number of methoxy groups -OCH3 is 1. The monoisotopic (exact) mass is 249 g/mol. The lowest BCUT2D eigenvalue weighted by Gasteiger charge is -2.18. The maximum atomic E-state index is 11.9. The van der Waals surface area contributed by atoms with E-state index < -0.39 is 0 Å². The Morgan fingerprint density at radius 1 is 1.17 bits per heavy atom. The SMILES string of the molecule is COC(=O)CCC(=O)N(C)c1ccc(C)c(C)c1. The Bertz CT molecular complexity index is 454. The van der Waals surface area contributed by atoms with E-state index in [9.17, 15) is 9.59 Å². The number of ether oxygens (including phenoxy) is 1. The molecule has 0 aromatic heterocycles. The van der Waals surface area contributed by atoms with Crippen LogP contribution in [-0.4, -0.2) is 26.0 Å². The third-order valence-electron chi connectivity index (χ3n) is 3.02. The molecule has 0 atom stereocenters. The maximum absolute atomic E-state index is 11.9. The predicted octanol–water partition coefficient (Wildman–Crippen LogP) is 2.22. The van der Waals surface area contributed by atoms with Gasteiger partial charge in [-0.25, -0.2) is 0 Å². The zero-order chi connectivity index (χ0) is 13.7. The van der Waals surface area contributed by atoms with Crippen molar-refractivity contribution in [1.29, 1.82) is 0 Å². The van der Waals surface area contributed by atoms with E-state index in [0.717, 1.165) is 11.3 Å². The summed E-state index contributed by atoms with van der Waals surface area (Å²) < 4.78 is 4.51. The Kier molecular flexibility index (Phi) is 4.89. The van der Waals surface area contributed by atoms with E-state index in [-0.39, 0.29) is 24.7 Å². The summed E-state index contributed by atoms with van der Waals surface area (Å²) in [4.78, 5) is 24.4. The molecule has 0 heterocycles. The highest BCUT2D eigenvalue weighted by Gasteiger charge is 2.13. The second kappa shape index (κ2) is 6.19. The molecule has 0 spiro atoms. The van der Waals surface area contributed by atoms with Crippen LogP contribution in [0.5, 0.6) is 0 Å². The van der Waals surface area contributed by atoms with Crippen LogP contribution in [-0.2, 0) is 14.3 Å². The number of anilines is 1. The minimum Gasteiger partial charge on any atom is -0.469 e. The fourth-order valence-electron chi connectivity index (χ4n) is 1.56. The van der Waals surface area contributed by atoms with Crippen molar-refractivity contribution < 1.29 is 14.3 Å². The van der Waals surface area contributed by atoms with Gasteiger partial charge >= 0.3 is 5.97 Å². The van der Waals surface area contributed by atoms with Crippen molar-refractivity contribution >= 4 is 17.6 Å². The summed E-state index contributed by atoms with van der Waals surface area (Å²) in [7, 11) is 3.03. The molecule has 1 aromatic rings. The standard InChI is InChI=1S/C14H19NO3/c1-10-5-6-12(9-11(10)2)15(3)13(16)7-8-14(17)18-4/h5-6,9H,7-8H2,1-4H3. The highest BCUT2D eigenvalue weighted by molar-refractivity contribution is 5.94. The maximum Gasteiger partial charge on any atom is 0.306 e. The molecule has 0 saturated carbocycles. The molecule has 0 unspecified atom stereocenters. The lowest BCUT2D eigenvalue weighted by molar-refractivity contribution is -0.141. The van der Waals surface area contributed by atoms with Crippen LogP contribution in [0, 0.1) is 13.8 Å². The van der Waals surface area contributed by atoms with Crippen molar-refractivity contribution in [2.75, 3.05) is 19.1 Å². The summed E-state index contributed by atoms with van der Waals surface area (Å²) >= 11 is 0. The number of rotatable bonds is 4. The molecule has 1 aromatic carbocycles. The number of benzene rings is 1. The highest BCUT2D eigenvalue weighted by Crippen LogP contribution is 2.18. The quantitative estimate of drug-likeness (QED) is 0.769. The van der Waals surface area contributed by atoms with Crippen molar-refractivity contribution in [3.8, 4) is 0 Å². The normalized spacial score (nSPS) is 10.0. The molecule has 0 bridgehead atoms. The molecule has 0 fully saturated rings. The van der Waals surface area contributed by atoms with E-state index >= 15 is 0 Å². The van der Waals surface area contributed by atoms with Crippen molar-refractivity contribution in [3.05, 3.63) is 29.3 Å². The minimum atomic E-state index is -0.364. The molecular weight excluding hydrogens is 230 g/mol. The molecule has 1 rings (SSSR count). The van der Waals surface area contributed by atoms with Gasteiger partial charge in [-0.05, 0) is 37.1 Å². The highest BCUT2D eigenvalue weighted by atomic mass is 16.5. The van der Waals surface area contributed by atoms with Crippen LogP contribution in [0.15, 0.2) is 18.2 Å². The van der Waals surface area contributed by atoms with Gasteiger partial charge in [-0.3, -0.25) is 9.59 Å². The van der Waals surface area contributed by atoms with E-state index in [0.29, 0.717) is 0 Å². The molecule has 0 saturated heterocycles. The molecule has 0 aliphatic rings. The lowest BCUT2D eigenvalue weighted by Crippen LogP contribution is -2.26. The number of esters is 1. The van der Waals surface area contributed by atoms with Gasteiger partial charge in [0.1, 0.15) is 0 Å². The molecule has 0 aliphatic heterocycles. The molecule has 0 aliphatic carbocycles. The number of nitrogens with zero attached hydrogens (tertiary/aromatic N) is 1. The zero-order valence-electron chi connectivity index (χ0n) is 11.3. The number of hydrogen-bond acceptors (Lipinski definition) is 3.